The standard InChI is InChI=1S/C20H24N4O3/c1-23-12-15(18(25)21-14-9-5-6-10-14)16-17(23)19(26)24(20(27)22-16)11-13-7-3-2-4-8-13/h2-4,7-8,12,14,16-17H,5-6,9-11H2,1H3,(H,21,25)(H,22,27). The number of nitrogens with one attached hydrogen (secondary N) is 2. The number of nitrogens with zero attached hydrogens (tertiary/aromatic N) is 2. The number of amides is 4. The Morgan fingerprint density at radius 2 is 1.89 bits per heavy atom. The molecule has 0 aromatic heterocycles. The Hall–Kier alpha value is -2.83. The SMILES string of the molecule is CN1C=C(C(=O)NC2CCCC2)C2NC(=O)N(Cc3ccccc3)C(=O)C21. The highest BCUT2D eigenvalue weighted by Gasteiger charge is 2.49. The van der Waals surface area contributed by atoms with Crippen LogP contribution in [0.3, 0.4) is 0 Å². The van der Waals surface area contributed by atoms with Crippen molar-refractivity contribution in [1.82, 2.24) is 20.4 Å². The van der Waals surface area contributed by atoms with E-state index in [0.29, 0.717) is 5.57 Å². The third-order valence-electron chi connectivity index (χ3n) is 5.61. The molecular weight excluding hydrogens is 344 g/mol. The molecular formula is C20H24N4O3. The number of hydrogen-bond donors (Lipinski definition) is 2. The minimum atomic E-state index is -0.608. The fourth-order valence-electron chi connectivity index (χ4n) is 4.18. The molecule has 4 amide bonds. The first-order valence-electron chi connectivity index (χ1n) is 9.45. The molecule has 1 aromatic carbocycles. The summed E-state index contributed by atoms with van der Waals surface area (Å²) >= 11 is 0. The van der Waals surface area contributed by atoms with E-state index in [9.17, 15) is 14.4 Å². The van der Waals surface area contributed by atoms with Gasteiger partial charge in [0.05, 0.1) is 18.2 Å². The van der Waals surface area contributed by atoms with Gasteiger partial charge in [-0.05, 0) is 18.4 Å². The van der Waals surface area contributed by atoms with Crippen LogP contribution in [0, 0.1) is 0 Å². The fraction of sp³-hybridized carbons (Fsp3) is 0.450. The second-order valence-electron chi connectivity index (χ2n) is 7.49. The van der Waals surface area contributed by atoms with E-state index in [-0.39, 0.29) is 24.4 Å². The Kier molecular flexibility index (Phi) is 4.59. The fourth-order valence-corrected chi connectivity index (χ4v) is 4.18. The van der Waals surface area contributed by atoms with E-state index in [4.69, 9.17) is 0 Å². The summed E-state index contributed by atoms with van der Waals surface area (Å²) in [4.78, 5) is 41.2. The summed E-state index contributed by atoms with van der Waals surface area (Å²) in [5.41, 5.74) is 1.34. The van der Waals surface area contributed by atoms with Gasteiger partial charge in [-0.2, -0.15) is 0 Å². The topological polar surface area (TPSA) is 81.8 Å². The Morgan fingerprint density at radius 1 is 1.19 bits per heavy atom. The Morgan fingerprint density at radius 3 is 2.59 bits per heavy atom. The van der Waals surface area contributed by atoms with Gasteiger partial charge in [0.15, 0.2) is 0 Å². The van der Waals surface area contributed by atoms with Crippen LogP contribution in [0.25, 0.3) is 0 Å². The summed E-state index contributed by atoms with van der Waals surface area (Å²) in [6, 6.07) is 7.93. The number of benzene rings is 1. The molecule has 7 nitrogen and oxygen atoms in total. The molecule has 27 heavy (non-hydrogen) atoms. The predicted octanol–water partition coefficient (Wildman–Crippen LogP) is 1.36. The van der Waals surface area contributed by atoms with Gasteiger partial charge in [0.1, 0.15) is 6.04 Å². The van der Waals surface area contributed by atoms with E-state index >= 15 is 0 Å². The molecule has 0 spiro atoms. The van der Waals surface area contributed by atoms with Crippen molar-refractivity contribution in [3.8, 4) is 0 Å². The van der Waals surface area contributed by atoms with Gasteiger partial charge < -0.3 is 15.5 Å². The van der Waals surface area contributed by atoms with Crippen molar-refractivity contribution in [2.45, 2.75) is 50.4 Å². The smallest absolute Gasteiger partial charge is 0.325 e. The lowest BCUT2D eigenvalue weighted by molar-refractivity contribution is -0.135. The predicted molar refractivity (Wildman–Crippen MR) is 99.3 cm³/mol. The first kappa shape index (κ1) is 17.6. The molecule has 2 unspecified atom stereocenters. The quantitative estimate of drug-likeness (QED) is 0.841. The van der Waals surface area contributed by atoms with E-state index in [1.54, 1.807) is 18.1 Å². The molecule has 0 radical (unpaired) electrons. The molecule has 7 heteroatoms. The third kappa shape index (κ3) is 3.29. The monoisotopic (exact) mass is 368 g/mol. The van der Waals surface area contributed by atoms with Gasteiger partial charge in [-0.15, -0.1) is 0 Å². The Labute approximate surface area is 158 Å². The molecule has 1 saturated heterocycles. The van der Waals surface area contributed by atoms with Gasteiger partial charge in [0, 0.05) is 19.3 Å². The van der Waals surface area contributed by atoms with Crippen molar-refractivity contribution >= 4 is 17.8 Å². The van der Waals surface area contributed by atoms with Crippen LogP contribution >= 0.6 is 0 Å². The second kappa shape index (κ2) is 7.06. The van der Waals surface area contributed by atoms with Crippen LogP contribution in [0.2, 0.25) is 0 Å². The Bertz CT molecular complexity index is 786. The van der Waals surface area contributed by atoms with Crippen molar-refractivity contribution in [1.29, 1.82) is 0 Å². The summed E-state index contributed by atoms with van der Waals surface area (Å²) in [5, 5.41) is 5.91. The van der Waals surface area contributed by atoms with Crippen molar-refractivity contribution < 1.29 is 14.4 Å². The van der Waals surface area contributed by atoms with Gasteiger partial charge in [-0.3, -0.25) is 14.5 Å². The molecule has 0 bridgehead atoms. The van der Waals surface area contributed by atoms with Gasteiger partial charge in [0.2, 0.25) is 0 Å². The molecule has 3 aliphatic rings. The van der Waals surface area contributed by atoms with Gasteiger partial charge >= 0.3 is 6.03 Å². The zero-order valence-electron chi connectivity index (χ0n) is 15.4. The van der Waals surface area contributed by atoms with Crippen LogP contribution < -0.4 is 10.6 Å². The highest BCUT2D eigenvalue weighted by atomic mass is 16.2. The van der Waals surface area contributed by atoms with E-state index in [1.807, 2.05) is 30.3 Å². The molecule has 2 aliphatic heterocycles. The summed E-state index contributed by atoms with van der Waals surface area (Å²) in [6.07, 6.45) is 5.90. The maximum atomic E-state index is 13.0. The molecule has 2 atom stereocenters. The first-order chi connectivity index (χ1) is 13.0. The average Bonchev–Trinajstić information content (AvgIpc) is 3.27. The van der Waals surface area contributed by atoms with Crippen LogP contribution in [0.5, 0.6) is 0 Å². The van der Waals surface area contributed by atoms with Crippen LogP contribution in [-0.2, 0) is 16.1 Å². The van der Waals surface area contributed by atoms with Crippen molar-refractivity contribution in [2.75, 3.05) is 7.05 Å². The van der Waals surface area contributed by atoms with Crippen molar-refractivity contribution in [3.63, 3.8) is 0 Å². The third-order valence-corrected chi connectivity index (χ3v) is 5.61. The highest BCUT2D eigenvalue weighted by Crippen LogP contribution is 2.28. The molecule has 2 heterocycles. The van der Waals surface area contributed by atoms with Crippen molar-refractivity contribution in [2.24, 2.45) is 0 Å². The normalized spacial score (nSPS) is 25.3. The largest absolute Gasteiger partial charge is 0.366 e. The highest BCUT2D eigenvalue weighted by molar-refractivity contribution is 6.05. The van der Waals surface area contributed by atoms with Gasteiger partial charge in [-0.25, -0.2) is 4.79 Å². The molecule has 1 aliphatic carbocycles. The Balaban J connectivity index is 1.49. The summed E-state index contributed by atoms with van der Waals surface area (Å²) in [6.45, 7) is 0.214. The number of rotatable bonds is 4. The van der Waals surface area contributed by atoms with E-state index in [1.165, 1.54) is 4.90 Å². The number of likely N-dealkylation sites (N-methyl/N-ethyl adjacent to an activating group) is 1. The van der Waals surface area contributed by atoms with Gasteiger partial charge in [0.25, 0.3) is 11.8 Å². The number of carbonyl (C=O) groups excluding carboxylic acids is 3. The number of imide groups is 1. The zero-order chi connectivity index (χ0) is 19.0. The lowest BCUT2D eigenvalue weighted by Crippen LogP contribution is -2.64. The number of hydrogen-bond acceptors (Lipinski definition) is 4. The average molecular weight is 368 g/mol. The minimum Gasteiger partial charge on any atom is -0.366 e. The molecule has 142 valence electrons. The number of fused-ring (bicyclic) bond motifs is 1. The zero-order valence-corrected chi connectivity index (χ0v) is 15.4. The molecule has 1 aromatic rings. The first-order valence-corrected chi connectivity index (χ1v) is 9.45. The summed E-state index contributed by atoms with van der Waals surface area (Å²) < 4.78 is 0. The summed E-state index contributed by atoms with van der Waals surface area (Å²) in [5.74, 6) is -0.471. The number of carbonyl (C=O) groups is 3. The van der Waals surface area contributed by atoms with Crippen LogP contribution in [-0.4, -0.2) is 52.8 Å². The minimum absolute atomic E-state index is 0.187. The summed E-state index contributed by atoms with van der Waals surface area (Å²) in [7, 11) is 1.77. The molecule has 1 saturated carbocycles. The maximum absolute atomic E-state index is 13.0. The molecule has 4 rings (SSSR count). The lowest BCUT2D eigenvalue weighted by atomic mass is 9.98. The molecule has 2 N–H and O–H groups in total. The maximum Gasteiger partial charge on any atom is 0.325 e. The van der Waals surface area contributed by atoms with Crippen LogP contribution in [0.1, 0.15) is 31.2 Å². The van der Waals surface area contributed by atoms with Crippen LogP contribution in [0.15, 0.2) is 42.1 Å². The van der Waals surface area contributed by atoms with Crippen LogP contribution in [0.4, 0.5) is 4.79 Å². The molecule has 2 fully saturated rings. The van der Waals surface area contributed by atoms with Crippen molar-refractivity contribution in [3.05, 3.63) is 47.7 Å². The second-order valence-corrected chi connectivity index (χ2v) is 7.49. The number of urea groups is 1. The van der Waals surface area contributed by atoms with E-state index < -0.39 is 18.1 Å². The lowest BCUT2D eigenvalue weighted by Gasteiger charge is -2.37. The van der Waals surface area contributed by atoms with E-state index in [0.717, 1.165) is 31.2 Å². The van der Waals surface area contributed by atoms with E-state index in [2.05, 4.69) is 10.6 Å². The van der Waals surface area contributed by atoms with Gasteiger partial charge in [-0.1, -0.05) is 43.2 Å².